The lowest BCUT2D eigenvalue weighted by Crippen LogP contribution is -2.29. The van der Waals surface area contributed by atoms with Crippen molar-refractivity contribution in [3.05, 3.63) is 93.0 Å². The Labute approximate surface area is 176 Å². The SMILES string of the molecule is Cc1cccc(N2C(=O)c3ccc(C(=O)Nc4ccc(Cl)c(Cl)c4)cc3C2=O)c1. The number of aryl methyl sites for hydroxylation is 1. The number of nitrogens with one attached hydrogen (secondary N) is 1. The number of fused-ring (bicyclic) bond motifs is 1. The van der Waals surface area contributed by atoms with Gasteiger partial charge in [-0.1, -0.05) is 35.3 Å². The molecule has 3 aromatic rings. The summed E-state index contributed by atoms with van der Waals surface area (Å²) in [5, 5.41) is 3.39. The summed E-state index contributed by atoms with van der Waals surface area (Å²) in [6, 6.07) is 16.3. The number of amides is 3. The normalized spacial score (nSPS) is 12.9. The standard InChI is InChI=1S/C22H14Cl2N2O3/c1-12-3-2-4-15(9-12)26-21(28)16-7-5-13(10-17(16)22(26)29)20(27)25-14-6-8-18(23)19(24)11-14/h2-11H,1H3,(H,25,27). The van der Waals surface area contributed by atoms with E-state index in [-0.39, 0.29) is 16.7 Å². The van der Waals surface area contributed by atoms with Crippen molar-refractivity contribution in [2.24, 2.45) is 0 Å². The van der Waals surface area contributed by atoms with Crippen molar-refractivity contribution in [2.75, 3.05) is 10.2 Å². The third kappa shape index (κ3) is 3.50. The minimum Gasteiger partial charge on any atom is -0.322 e. The van der Waals surface area contributed by atoms with Gasteiger partial charge in [-0.05, 0) is 61.0 Å². The van der Waals surface area contributed by atoms with Crippen molar-refractivity contribution in [3.63, 3.8) is 0 Å². The van der Waals surface area contributed by atoms with Crippen molar-refractivity contribution in [1.29, 1.82) is 0 Å². The summed E-state index contributed by atoms with van der Waals surface area (Å²) in [5.41, 5.74) is 2.61. The summed E-state index contributed by atoms with van der Waals surface area (Å²) in [7, 11) is 0. The van der Waals surface area contributed by atoms with Crippen molar-refractivity contribution in [1.82, 2.24) is 0 Å². The Morgan fingerprint density at radius 2 is 1.62 bits per heavy atom. The summed E-state index contributed by atoms with van der Waals surface area (Å²) >= 11 is 11.9. The number of hydrogen-bond donors (Lipinski definition) is 1. The molecular formula is C22H14Cl2N2O3. The first-order valence-electron chi connectivity index (χ1n) is 8.71. The lowest BCUT2D eigenvalue weighted by Gasteiger charge is -2.14. The molecule has 1 aliphatic heterocycles. The predicted molar refractivity (Wildman–Crippen MR) is 113 cm³/mol. The fraction of sp³-hybridized carbons (Fsp3) is 0.0455. The summed E-state index contributed by atoms with van der Waals surface area (Å²) < 4.78 is 0. The van der Waals surface area contributed by atoms with E-state index >= 15 is 0 Å². The molecule has 1 heterocycles. The highest BCUT2D eigenvalue weighted by Gasteiger charge is 2.37. The average Bonchev–Trinajstić information content (AvgIpc) is 2.95. The van der Waals surface area contributed by atoms with E-state index in [0.717, 1.165) is 10.5 Å². The van der Waals surface area contributed by atoms with Crippen LogP contribution in [-0.2, 0) is 0 Å². The van der Waals surface area contributed by atoms with Crippen LogP contribution in [0.5, 0.6) is 0 Å². The lowest BCUT2D eigenvalue weighted by atomic mass is 10.1. The molecule has 144 valence electrons. The molecule has 0 bridgehead atoms. The van der Waals surface area contributed by atoms with E-state index in [1.807, 2.05) is 13.0 Å². The van der Waals surface area contributed by atoms with Gasteiger partial charge in [-0.2, -0.15) is 0 Å². The number of imide groups is 1. The van der Waals surface area contributed by atoms with Gasteiger partial charge in [-0.25, -0.2) is 4.90 Å². The maximum Gasteiger partial charge on any atom is 0.266 e. The van der Waals surface area contributed by atoms with Crippen molar-refractivity contribution in [3.8, 4) is 0 Å². The summed E-state index contributed by atoms with van der Waals surface area (Å²) in [6.45, 7) is 1.88. The van der Waals surface area contributed by atoms with Gasteiger partial charge in [0, 0.05) is 11.3 Å². The maximum atomic E-state index is 12.9. The zero-order valence-corrected chi connectivity index (χ0v) is 16.7. The molecule has 4 rings (SSSR count). The largest absolute Gasteiger partial charge is 0.322 e. The van der Waals surface area contributed by atoms with Crippen LogP contribution in [0.4, 0.5) is 11.4 Å². The zero-order chi connectivity index (χ0) is 20.7. The topological polar surface area (TPSA) is 66.5 Å². The van der Waals surface area contributed by atoms with Gasteiger partial charge < -0.3 is 5.32 Å². The molecule has 0 spiro atoms. The molecule has 1 N–H and O–H groups in total. The van der Waals surface area contributed by atoms with Gasteiger partial charge in [0.25, 0.3) is 17.7 Å². The number of halogens is 2. The highest BCUT2D eigenvalue weighted by molar-refractivity contribution is 6.42. The number of benzene rings is 3. The van der Waals surface area contributed by atoms with E-state index < -0.39 is 17.7 Å². The Bertz CT molecular complexity index is 1190. The predicted octanol–water partition coefficient (Wildman–Crippen LogP) is 5.35. The number of hydrogen-bond acceptors (Lipinski definition) is 3. The molecule has 0 radical (unpaired) electrons. The van der Waals surface area contributed by atoms with Crippen LogP contribution in [0.2, 0.25) is 10.0 Å². The van der Waals surface area contributed by atoms with E-state index in [1.54, 1.807) is 30.3 Å². The monoisotopic (exact) mass is 424 g/mol. The van der Waals surface area contributed by atoms with Crippen molar-refractivity contribution in [2.45, 2.75) is 6.92 Å². The van der Waals surface area contributed by atoms with E-state index in [9.17, 15) is 14.4 Å². The summed E-state index contributed by atoms with van der Waals surface area (Å²) in [5.74, 6) is -1.30. The molecule has 3 amide bonds. The third-order valence-electron chi connectivity index (χ3n) is 4.59. The van der Waals surface area contributed by atoms with Crippen LogP contribution >= 0.6 is 23.2 Å². The smallest absolute Gasteiger partial charge is 0.266 e. The van der Waals surface area contributed by atoms with Gasteiger partial charge in [0.2, 0.25) is 0 Å². The van der Waals surface area contributed by atoms with Gasteiger partial charge in [0.15, 0.2) is 0 Å². The minimum absolute atomic E-state index is 0.193. The second kappa shape index (κ2) is 7.35. The molecule has 0 atom stereocenters. The maximum absolute atomic E-state index is 12.9. The Kier molecular flexibility index (Phi) is 4.86. The van der Waals surface area contributed by atoms with Crippen LogP contribution in [0.1, 0.15) is 36.6 Å². The van der Waals surface area contributed by atoms with Gasteiger partial charge in [0.1, 0.15) is 0 Å². The molecule has 29 heavy (non-hydrogen) atoms. The molecule has 7 heteroatoms. The molecule has 3 aromatic carbocycles. The fourth-order valence-corrected chi connectivity index (χ4v) is 3.46. The van der Waals surface area contributed by atoms with Gasteiger partial charge in [-0.3, -0.25) is 14.4 Å². The van der Waals surface area contributed by atoms with Crippen LogP contribution < -0.4 is 10.2 Å². The first-order chi connectivity index (χ1) is 13.8. The second-order valence-corrected chi connectivity index (χ2v) is 7.44. The van der Waals surface area contributed by atoms with Gasteiger partial charge in [-0.15, -0.1) is 0 Å². The zero-order valence-electron chi connectivity index (χ0n) is 15.2. The van der Waals surface area contributed by atoms with Gasteiger partial charge >= 0.3 is 0 Å². The second-order valence-electron chi connectivity index (χ2n) is 6.63. The van der Waals surface area contributed by atoms with Crippen molar-refractivity contribution >= 4 is 52.3 Å². The molecule has 1 aliphatic rings. The summed E-state index contributed by atoms with van der Waals surface area (Å²) in [4.78, 5) is 39.3. The number of rotatable bonds is 3. The quantitative estimate of drug-likeness (QED) is 0.575. The van der Waals surface area contributed by atoms with E-state index in [2.05, 4.69) is 5.32 Å². The van der Waals surface area contributed by atoms with Crippen LogP contribution in [0.25, 0.3) is 0 Å². The van der Waals surface area contributed by atoms with E-state index in [4.69, 9.17) is 23.2 Å². The Balaban J connectivity index is 1.63. The van der Waals surface area contributed by atoms with Crippen molar-refractivity contribution < 1.29 is 14.4 Å². The van der Waals surface area contributed by atoms with Crippen LogP contribution in [0, 0.1) is 6.92 Å². The number of carbonyl (C=O) groups excluding carboxylic acids is 3. The number of anilines is 2. The molecule has 0 unspecified atom stereocenters. The molecule has 0 aromatic heterocycles. The molecule has 0 fully saturated rings. The van der Waals surface area contributed by atoms with Crippen LogP contribution in [0.15, 0.2) is 60.7 Å². The third-order valence-corrected chi connectivity index (χ3v) is 5.33. The Morgan fingerprint density at radius 3 is 2.34 bits per heavy atom. The Morgan fingerprint density at radius 1 is 0.862 bits per heavy atom. The highest BCUT2D eigenvalue weighted by Crippen LogP contribution is 2.30. The van der Waals surface area contributed by atoms with E-state index in [1.165, 1.54) is 24.3 Å². The fourth-order valence-electron chi connectivity index (χ4n) is 3.16. The minimum atomic E-state index is -0.459. The molecule has 0 aliphatic carbocycles. The number of carbonyl (C=O) groups is 3. The average molecular weight is 425 g/mol. The molecule has 0 saturated carbocycles. The first-order valence-corrected chi connectivity index (χ1v) is 9.46. The van der Waals surface area contributed by atoms with Crippen LogP contribution in [0.3, 0.4) is 0 Å². The highest BCUT2D eigenvalue weighted by atomic mass is 35.5. The molecular weight excluding hydrogens is 411 g/mol. The molecule has 0 saturated heterocycles. The van der Waals surface area contributed by atoms with Gasteiger partial charge in [0.05, 0.1) is 26.9 Å². The van der Waals surface area contributed by atoms with E-state index in [0.29, 0.717) is 21.4 Å². The Hall–Kier alpha value is -3.15. The lowest BCUT2D eigenvalue weighted by molar-refractivity contribution is 0.0925. The van der Waals surface area contributed by atoms with Crippen LogP contribution in [-0.4, -0.2) is 17.7 Å². The molecule has 5 nitrogen and oxygen atoms in total. The summed E-state index contributed by atoms with van der Waals surface area (Å²) in [6.07, 6.45) is 0. The first kappa shape index (κ1) is 19.2. The number of nitrogens with zero attached hydrogens (tertiary/aromatic N) is 1.